The number of hydrogen-bond donors (Lipinski definition) is 3. The van der Waals surface area contributed by atoms with E-state index in [2.05, 4.69) is 21.7 Å². The quantitative estimate of drug-likeness (QED) is 0.384. The minimum atomic E-state index is -1.20. The third kappa shape index (κ3) is 3.81. The number of para-hydroxylation sites is 1. The molecule has 2 aromatic carbocycles. The Labute approximate surface area is 195 Å². The van der Waals surface area contributed by atoms with Gasteiger partial charge in [-0.15, -0.1) is 0 Å². The van der Waals surface area contributed by atoms with Gasteiger partial charge in [0, 0.05) is 0 Å². The van der Waals surface area contributed by atoms with E-state index in [0.29, 0.717) is 11.4 Å². The van der Waals surface area contributed by atoms with E-state index in [1.807, 2.05) is 12.1 Å². The van der Waals surface area contributed by atoms with E-state index < -0.39 is 5.97 Å². The Morgan fingerprint density at radius 1 is 1.12 bits per heavy atom. The molecule has 9 nitrogen and oxygen atoms in total. The number of nitrogens with zero attached hydrogens (tertiary/aromatic N) is 3. The van der Waals surface area contributed by atoms with Crippen LogP contribution in [0.1, 0.15) is 41.4 Å². The average Bonchev–Trinajstić information content (AvgIpc) is 3.43. The summed E-state index contributed by atoms with van der Waals surface area (Å²) in [6.07, 6.45) is 4.38. The number of carbonyl (C=O) groups excluding carboxylic acids is 1. The zero-order valence-electron chi connectivity index (χ0n) is 18.4. The number of aryl methyl sites for hydroxylation is 2. The second-order valence-electron chi connectivity index (χ2n) is 8.21. The van der Waals surface area contributed by atoms with E-state index in [1.165, 1.54) is 34.7 Å². The number of benzene rings is 2. The van der Waals surface area contributed by atoms with Gasteiger partial charge in [-0.1, -0.05) is 12.1 Å². The van der Waals surface area contributed by atoms with Crippen LogP contribution in [0.2, 0.25) is 0 Å². The van der Waals surface area contributed by atoms with Crippen LogP contribution in [0.15, 0.2) is 63.2 Å². The zero-order chi connectivity index (χ0) is 23.8. The Bertz CT molecular complexity index is 1370. The van der Waals surface area contributed by atoms with Crippen molar-refractivity contribution in [1.29, 1.82) is 0 Å². The van der Waals surface area contributed by atoms with E-state index in [9.17, 15) is 14.7 Å². The van der Waals surface area contributed by atoms with Gasteiger partial charge in [0.25, 0.3) is 0 Å². The molecule has 3 N–H and O–H groups in total. The number of amides is 1. The summed E-state index contributed by atoms with van der Waals surface area (Å²) in [6.45, 7) is 1.70. The van der Waals surface area contributed by atoms with Crippen LogP contribution < -0.4 is 10.4 Å². The summed E-state index contributed by atoms with van der Waals surface area (Å²) in [5.74, 6) is -1.80. The van der Waals surface area contributed by atoms with Gasteiger partial charge < -0.3 is 14.6 Å². The fraction of sp³-hybridized carbons (Fsp3) is 0.200. The number of fused-ring (bicyclic) bond motifs is 1. The van der Waals surface area contributed by atoms with Gasteiger partial charge in [-0.25, -0.2) is 4.79 Å². The third-order valence-corrected chi connectivity index (χ3v) is 5.97. The largest absolute Gasteiger partial charge is 0.505 e. The highest BCUT2D eigenvalue weighted by Gasteiger charge is 2.31. The Morgan fingerprint density at radius 3 is 2.68 bits per heavy atom. The molecule has 2 aliphatic rings. The lowest BCUT2D eigenvalue weighted by atomic mass is 9.91. The Hall–Kier alpha value is -4.40. The van der Waals surface area contributed by atoms with Crippen molar-refractivity contribution in [2.75, 3.05) is 10.4 Å². The number of furan rings is 1. The van der Waals surface area contributed by atoms with Gasteiger partial charge in [0.1, 0.15) is 5.76 Å². The summed E-state index contributed by atoms with van der Waals surface area (Å²) in [5, 5.41) is 29.7. The number of aromatic hydroxyl groups is 1. The molecule has 1 aromatic heterocycles. The van der Waals surface area contributed by atoms with E-state index >= 15 is 0 Å². The molecular formula is C25H22N4O5. The summed E-state index contributed by atoms with van der Waals surface area (Å²) >= 11 is 0. The number of carboxylic acids is 1. The van der Waals surface area contributed by atoms with Gasteiger partial charge >= 0.3 is 11.9 Å². The van der Waals surface area contributed by atoms with Crippen molar-refractivity contribution in [1.82, 2.24) is 0 Å². The standard InChI is InChI=1S/C25H22N4O5/c1-14-22(24(31)29(28-14)17-10-9-15-5-2-3-6-16(15)13-17)27-26-19-8-4-7-18(23(19)30)20-11-12-21(34-20)25(32)33/h4,7-13,26,30H,2-3,5-6H2,1H3,(H,32,33). The first-order chi connectivity index (χ1) is 16.4. The van der Waals surface area contributed by atoms with Gasteiger partial charge in [0.2, 0.25) is 5.76 Å². The van der Waals surface area contributed by atoms with Crippen molar-refractivity contribution >= 4 is 34.7 Å². The molecule has 9 heteroatoms. The predicted octanol–water partition coefficient (Wildman–Crippen LogP) is 4.42. The van der Waals surface area contributed by atoms with Crippen molar-refractivity contribution in [2.24, 2.45) is 10.2 Å². The van der Waals surface area contributed by atoms with E-state index in [-0.39, 0.29) is 40.1 Å². The molecule has 0 spiro atoms. The Kier molecular flexibility index (Phi) is 5.37. The summed E-state index contributed by atoms with van der Waals surface area (Å²) in [4.78, 5) is 24.1. The lowest BCUT2D eigenvalue weighted by molar-refractivity contribution is -0.112. The molecule has 1 amide bonds. The molecule has 172 valence electrons. The molecule has 1 aliphatic heterocycles. The van der Waals surface area contributed by atoms with Crippen LogP contribution in [-0.4, -0.2) is 33.5 Å². The van der Waals surface area contributed by atoms with E-state index in [0.717, 1.165) is 19.3 Å². The highest BCUT2D eigenvalue weighted by molar-refractivity contribution is 6.71. The Balaban J connectivity index is 1.38. The second kappa shape index (κ2) is 8.51. The summed E-state index contributed by atoms with van der Waals surface area (Å²) in [7, 11) is 0. The smallest absolute Gasteiger partial charge is 0.371 e. The first kappa shape index (κ1) is 21.4. The van der Waals surface area contributed by atoms with Crippen LogP contribution >= 0.6 is 0 Å². The Morgan fingerprint density at radius 2 is 1.91 bits per heavy atom. The number of carboxylic acid groups (broad SMARTS) is 1. The van der Waals surface area contributed by atoms with E-state index in [4.69, 9.17) is 9.52 Å². The van der Waals surface area contributed by atoms with Crippen molar-refractivity contribution in [3.63, 3.8) is 0 Å². The van der Waals surface area contributed by atoms with E-state index in [1.54, 1.807) is 25.1 Å². The van der Waals surface area contributed by atoms with Crippen LogP contribution in [0.25, 0.3) is 11.3 Å². The minimum absolute atomic E-state index is 0.133. The number of anilines is 2. The molecule has 3 aromatic rings. The maximum atomic E-state index is 13.1. The third-order valence-electron chi connectivity index (χ3n) is 5.97. The van der Waals surface area contributed by atoms with Crippen molar-refractivity contribution in [3.05, 3.63) is 65.4 Å². The molecule has 0 unspecified atom stereocenters. The van der Waals surface area contributed by atoms with Crippen LogP contribution in [0.5, 0.6) is 5.75 Å². The number of phenolic OH excluding ortho intramolecular Hbond substituents is 1. The van der Waals surface area contributed by atoms with Crippen molar-refractivity contribution < 1.29 is 24.2 Å². The molecule has 0 atom stereocenters. The SMILES string of the molecule is CC1=NN(c2ccc3c(c2)CCCC3)C(=O)C1=NNc1cccc(-c2ccc(C(=O)O)o2)c1O. The summed E-state index contributed by atoms with van der Waals surface area (Å²) < 4.78 is 5.28. The number of hydrogen-bond acceptors (Lipinski definition) is 7. The fourth-order valence-corrected chi connectivity index (χ4v) is 4.20. The normalized spacial score (nSPS) is 16.5. The van der Waals surface area contributed by atoms with Gasteiger partial charge in [-0.05, 0) is 80.1 Å². The summed E-state index contributed by atoms with van der Waals surface area (Å²) in [6, 6.07) is 13.6. The lowest BCUT2D eigenvalue weighted by Crippen LogP contribution is -2.28. The fourth-order valence-electron chi connectivity index (χ4n) is 4.20. The molecule has 34 heavy (non-hydrogen) atoms. The first-order valence-electron chi connectivity index (χ1n) is 10.9. The average molecular weight is 458 g/mol. The number of phenols is 1. The minimum Gasteiger partial charge on any atom is -0.505 e. The molecule has 0 fully saturated rings. The molecule has 1 aliphatic carbocycles. The maximum Gasteiger partial charge on any atom is 0.371 e. The monoisotopic (exact) mass is 458 g/mol. The molecule has 5 rings (SSSR count). The van der Waals surface area contributed by atoms with Crippen molar-refractivity contribution in [2.45, 2.75) is 32.6 Å². The summed E-state index contributed by atoms with van der Waals surface area (Å²) in [5.41, 5.74) is 7.10. The molecule has 2 heterocycles. The predicted molar refractivity (Wildman–Crippen MR) is 128 cm³/mol. The van der Waals surface area contributed by atoms with Gasteiger partial charge in [-0.2, -0.15) is 15.2 Å². The molecule has 0 bridgehead atoms. The number of aromatic carboxylic acids is 1. The highest BCUT2D eigenvalue weighted by atomic mass is 16.4. The topological polar surface area (TPSA) is 128 Å². The first-order valence-corrected chi connectivity index (χ1v) is 10.9. The molecular weight excluding hydrogens is 436 g/mol. The lowest BCUT2D eigenvalue weighted by Gasteiger charge is -2.19. The number of hydrazone groups is 2. The molecule has 0 radical (unpaired) electrons. The molecule has 0 saturated heterocycles. The van der Waals surface area contributed by atoms with Crippen molar-refractivity contribution in [3.8, 4) is 17.1 Å². The van der Waals surface area contributed by atoms with Crippen LogP contribution in [0.4, 0.5) is 11.4 Å². The second-order valence-corrected chi connectivity index (χ2v) is 8.21. The maximum absolute atomic E-state index is 13.1. The number of rotatable bonds is 5. The van der Waals surface area contributed by atoms with Crippen LogP contribution in [0, 0.1) is 0 Å². The van der Waals surface area contributed by atoms with Crippen LogP contribution in [-0.2, 0) is 17.6 Å². The zero-order valence-corrected chi connectivity index (χ0v) is 18.4. The van der Waals surface area contributed by atoms with Gasteiger partial charge in [0.15, 0.2) is 11.5 Å². The number of carbonyl (C=O) groups is 2. The highest BCUT2D eigenvalue weighted by Crippen LogP contribution is 2.36. The van der Waals surface area contributed by atoms with Gasteiger partial charge in [-0.3, -0.25) is 10.2 Å². The van der Waals surface area contributed by atoms with Gasteiger partial charge in [0.05, 0.1) is 22.6 Å². The van der Waals surface area contributed by atoms with Crippen LogP contribution in [0.3, 0.4) is 0 Å². The molecule has 0 saturated carbocycles. The number of nitrogens with one attached hydrogen (secondary N) is 1.